The van der Waals surface area contributed by atoms with E-state index in [1.807, 2.05) is 4.57 Å². The third kappa shape index (κ3) is 3.80. The van der Waals surface area contributed by atoms with Crippen LogP contribution in [0.5, 0.6) is 0 Å². The zero-order chi connectivity index (χ0) is 19.8. The van der Waals surface area contributed by atoms with Gasteiger partial charge >= 0.3 is 0 Å². The zero-order valence-corrected chi connectivity index (χ0v) is 16.1. The van der Waals surface area contributed by atoms with Crippen LogP contribution in [-0.2, 0) is 4.74 Å². The second-order valence-electron chi connectivity index (χ2n) is 7.91. The number of aromatic nitrogens is 4. The minimum Gasteiger partial charge on any atom is -0.399 e. The maximum Gasteiger partial charge on any atom is 0.167 e. The van der Waals surface area contributed by atoms with E-state index in [1.165, 1.54) is 12.8 Å². The smallest absolute Gasteiger partial charge is 0.167 e. The van der Waals surface area contributed by atoms with Crippen molar-refractivity contribution in [2.45, 2.75) is 44.4 Å². The topological polar surface area (TPSA) is 108 Å². The lowest BCUT2D eigenvalue weighted by atomic mass is 10.0. The molecule has 1 aliphatic carbocycles. The second-order valence-corrected chi connectivity index (χ2v) is 7.91. The van der Waals surface area contributed by atoms with Crippen molar-refractivity contribution in [2.24, 2.45) is 5.92 Å². The molecule has 1 aliphatic heterocycles. The number of Topliss-reactive ketones (excluding diaryl/α,β-unsaturated/α-hetero) is 1. The quantitative estimate of drug-likeness (QED) is 0.469. The Morgan fingerprint density at radius 2 is 1.97 bits per heavy atom. The molecule has 0 spiro atoms. The Hall–Kier alpha value is -3.00. The first-order valence-corrected chi connectivity index (χ1v) is 10.1. The maximum atomic E-state index is 12.5. The number of ether oxygens (including phenoxy) is 1. The predicted octanol–water partition coefficient (Wildman–Crippen LogP) is 3.18. The number of ketones is 1. The van der Waals surface area contributed by atoms with E-state index in [0.717, 1.165) is 42.3 Å². The van der Waals surface area contributed by atoms with Gasteiger partial charge in [-0.15, -0.1) is 0 Å². The van der Waals surface area contributed by atoms with Gasteiger partial charge in [-0.2, -0.15) is 0 Å². The molecule has 0 unspecified atom stereocenters. The summed E-state index contributed by atoms with van der Waals surface area (Å²) in [5.41, 5.74) is 8.53. The van der Waals surface area contributed by atoms with Crippen LogP contribution < -0.4 is 11.1 Å². The summed E-state index contributed by atoms with van der Waals surface area (Å²) in [6.07, 6.45) is 7.60. The largest absolute Gasteiger partial charge is 0.399 e. The number of nitrogens with one attached hydrogen (secondary N) is 1. The van der Waals surface area contributed by atoms with Gasteiger partial charge in [0.1, 0.15) is 12.6 Å². The van der Waals surface area contributed by atoms with E-state index >= 15 is 0 Å². The number of hydrogen-bond acceptors (Lipinski definition) is 7. The van der Waals surface area contributed by atoms with Crippen LogP contribution in [-0.4, -0.2) is 38.0 Å². The highest BCUT2D eigenvalue weighted by atomic mass is 16.5. The number of nitrogens with two attached hydrogens (primary N) is 1. The monoisotopic (exact) mass is 392 g/mol. The molecular weight excluding hydrogens is 368 g/mol. The summed E-state index contributed by atoms with van der Waals surface area (Å²) >= 11 is 0. The highest BCUT2D eigenvalue weighted by molar-refractivity contribution is 5.96. The number of nitrogen functional groups attached to an aromatic ring is 1. The van der Waals surface area contributed by atoms with Gasteiger partial charge in [-0.05, 0) is 55.9 Å². The Morgan fingerprint density at radius 1 is 1.14 bits per heavy atom. The number of hydrogen-bond donors (Lipinski definition) is 2. The summed E-state index contributed by atoms with van der Waals surface area (Å²) in [5.74, 6) is 1.59. The minimum atomic E-state index is -0.171. The molecule has 1 aromatic carbocycles. The number of carbonyl (C=O) groups is 1. The van der Waals surface area contributed by atoms with E-state index < -0.39 is 0 Å². The first-order chi connectivity index (χ1) is 14.2. The molecule has 0 amide bonds. The summed E-state index contributed by atoms with van der Waals surface area (Å²) in [6, 6.07) is 7.02. The molecule has 8 nitrogen and oxygen atoms in total. The Kier molecular flexibility index (Phi) is 4.63. The SMILES string of the molecule is Nc1ccc(C(=O)C[C@@H]2CC[C@H](n3cnc4c(NCC5CC5)ncnc43)O2)cc1. The second kappa shape index (κ2) is 7.44. The molecule has 3 heterocycles. The lowest BCUT2D eigenvalue weighted by Gasteiger charge is -2.15. The van der Waals surface area contributed by atoms with Gasteiger partial charge < -0.3 is 15.8 Å². The third-order valence-electron chi connectivity index (χ3n) is 5.65. The normalized spacial score (nSPS) is 21.5. The van der Waals surface area contributed by atoms with Gasteiger partial charge in [-0.3, -0.25) is 9.36 Å². The van der Waals surface area contributed by atoms with Crippen LogP contribution in [0.1, 0.15) is 48.7 Å². The molecule has 2 aromatic heterocycles. The van der Waals surface area contributed by atoms with Crippen LogP contribution in [0, 0.1) is 5.92 Å². The van der Waals surface area contributed by atoms with Gasteiger partial charge in [-0.25, -0.2) is 15.0 Å². The number of benzene rings is 1. The third-order valence-corrected chi connectivity index (χ3v) is 5.65. The number of fused-ring (bicyclic) bond motifs is 1. The molecule has 2 fully saturated rings. The predicted molar refractivity (Wildman–Crippen MR) is 109 cm³/mol. The molecule has 0 bridgehead atoms. The average molecular weight is 392 g/mol. The van der Waals surface area contributed by atoms with E-state index in [2.05, 4.69) is 20.3 Å². The van der Waals surface area contributed by atoms with E-state index in [-0.39, 0.29) is 18.1 Å². The summed E-state index contributed by atoms with van der Waals surface area (Å²) in [5, 5.41) is 3.39. The summed E-state index contributed by atoms with van der Waals surface area (Å²) in [4.78, 5) is 25.8. The molecule has 1 saturated heterocycles. The summed E-state index contributed by atoms with van der Waals surface area (Å²) in [6.45, 7) is 0.925. The van der Waals surface area contributed by atoms with Gasteiger partial charge in [0.2, 0.25) is 0 Å². The first-order valence-electron chi connectivity index (χ1n) is 10.1. The number of rotatable bonds is 7. The van der Waals surface area contributed by atoms with Crippen molar-refractivity contribution >= 4 is 28.5 Å². The Bertz CT molecular complexity index is 1030. The molecule has 3 N–H and O–H groups in total. The molecule has 0 radical (unpaired) electrons. The molecule has 5 rings (SSSR count). The van der Waals surface area contributed by atoms with E-state index in [1.54, 1.807) is 36.9 Å². The van der Waals surface area contributed by atoms with Gasteiger partial charge in [0, 0.05) is 24.2 Å². The summed E-state index contributed by atoms with van der Waals surface area (Å²) in [7, 11) is 0. The maximum absolute atomic E-state index is 12.5. The average Bonchev–Trinajstić information content (AvgIpc) is 3.27. The van der Waals surface area contributed by atoms with Crippen LogP contribution in [0.3, 0.4) is 0 Å². The fourth-order valence-corrected chi connectivity index (χ4v) is 3.79. The van der Waals surface area contributed by atoms with Gasteiger partial charge in [0.25, 0.3) is 0 Å². The van der Waals surface area contributed by atoms with E-state index in [0.29, 0.717) is 17.7 Å². The van der Waals surface area contributed by atoms with Crippen molar-refractivity contribution in [1.82, 2.24) is 19.5 Å². The molecule has 2 aliphatic rings. The highest BCUT2D eigenvalue weighted by Crippen LogP contribution is 2.34. The number of imidazole rings is 1. The van der Waals surface area contributed by atoms with Crippen molar-refractivity contribution < 1.29 is 9.53 Å². The number of carbonyl (C=O) groups excluding carboxylic acids is 1. The lowest BCUT2D eigenvalue weighted by molar-refractivity contribution is 0.00261. The highest BCUT2D eigenvalue weighted by Gasteiger charge is 2.30. The first kappa shape index (κ1) is 18.1. The van der Waals surface area contributed by atoms with Crippen molar-refractivity contribution in [3.63, 3.8) is 0 Å². The van der Waals surface area contributed by atoms with Crippen molar-refractivity contribution in [1.29, 1.82) is 0 Å². The molecule has 150 valence electrons. The number of nitrogens with zero attached hydrogens (tertiary/aromatic N) is 4. The fraction of sp³-hybridized carbons (Fsp3) is 0.429. The molecule has 3 aromatic rings. The molecule has 8 heteroatoms. The fourth-order valence-electron chi connectivity index (χ4n) is 3.79. The van der Waals surface area contributed by atoms with E-state index in [9.17, 15) is 4.79 Å². The van der Waals surface area contributed by atoms with Gasteiger partial charge in [-0.1, -0.05) is 0 Å². The van der Waals surface area contributed by atoms with Crippen LogP contribution in [0.2, 0.25) is 0 Å². The molecule has 1 saturated carbocycles. The van der Waals surface area contributed by atoms with Crippen molar-refractivity contribution in [3.05, 3.63) is 42.5 Å². The Labute approximate surface area is 168 Å². The van der Waals surface area contributed by atoms with Crippen molar-refractivity contribution in [2.75, 3.05) is 17.6 Å². The summed E-state index contributed by atoms with van der Waals surface area (Å²) < 4.78 is 8.13. The standard InChI is InChI=1S/C21H24N6O2/c22-15-5-3-14(4-6-15)17(28)9-16-7-8-18(29-16)27-12-26-19-20(23-10-13-1-2-13)24-11-25-21(19)27/h3-6,11-13,16,18H,1-2,7-10,22H2,(H,23,24,25)/t16-,18+/m0/s1. The molecule has 2 atom stereocenters. The van der Waals surface area contributed by atoms with Crippen molar-refractivity contribution in [3.8, 4) is 0 Å². The zero-order valence-electron chi connectivity index (χ0n) is 16.1. The van der Waals surface area contributed by atoms with Crippen LogP contribution >= 0.6 is 0 Å². The van der Waals surface area contributed by atoms with Gasteiger partial charge in [0.15, 0.2) is 22.8 Å². The minimum absolute atomic E-state index is 0.0695. The van der Waals surface area contributed by atoms with Crippen LogP contribution in [0.15, 0.2) is 36.9 Å². The Balaban J connectivity index is 1.27. The molecular formula is C21H24N6O2. The van der Waals surface area contributed by atoms with E-state index in [4.69, 9.17) is 10.5 Å². The lowest BCUT2D eigenvalue weighted by Crippen LogP contribution is -2.15. The molecule has 29 heavy (non-hydrogen) atoms. The van der Waals surface area contributed by atoms with Crippen LogP contribution in [0.25, 0.3) is 11.2 Å². The Morgan fingerprint density at radius 3 is 2.76 bits per heavy atom. The van der Waals surface area contributed by atoms with Gasteiger partial charge in [0.05, 0.1) is 12.4 Å². The van der Waals surface area contributed by atoms with Crippen LogP contribution in [0.4, 0.5) is 11.5 Å². The number of anilines is 2.